The second kappa shape index (κ2) is 8.90. The highest BCUT2D eigenvalue weighted by atomic mass is 32.1. The van der Waals surface area contributed by atoms with Gasteiger partial charge in [-0.1, -0.05) is 24.3 Å². The highest BCUT2D eigenvalue weighted by Gasteiger charge is 2.09. The third-order valence-corrected chi connectivity index (χ3v) is 5.31. The lowest BCUT2D eigenvalue weighted by Crippen LogP contribution is -2.26. The fourth-order valence-electron chi connectivity index (χ4n) is 2.68. The Balaban J connectivity index is 1.73. The SMILES string of the molecule is NC/C(=C\F)Cn1ncn(Cc2ccc(-c3ccc(CCO)cc3)s2)c1=O. The van der Waals surface area contributed by atoms with Gasteiger partial charge in [-0.2, -0.15) is 5.10 Å². The summed E-state index contributed by atoms with van der Waals surface area (Å²) in [5.74, 6) is 0. The van der Waals surface area contributed by atoms with E-state index in [-0.39, 0.29) is 25.4 Å². The zero-order valence-corrected chi connectivity index (χ0v) is 15.5. The van der Waals surface area contributed by atoms with Crippen molar-refractivity contribution in [1.82, 2.24) is 14.3 Å². The lowest BCUT2D eigenvalue weighted by Gasteiger charge is -2.02. The molecule has 142 valence electrons. The third-order valence-electron chi connectivity index (χ3n) is 4.19. The minimum absolute atomic E-state index is 0.0428. The van der Waals surface area contributed by atoms with Crippen LogP contribution in [-0.4, -0.2) is 32.6 Å². The number of rotatable bonds is 8. The summed E-state index contributed by atoms with van der Waals surface area (Å²) in [5, 5.41) is 13.0. The highest BCUT2D eigenvalue weighted by Crippen LogP contribution is 2.28. The molecular weight excluding hydrogens is 367 g/mol. The van der Waals surface area contributed by atoms with Gasteiger partial charge >= 0.3 is 5.69 Å². The maximum atomic E-state index is 12.7. The summed E-state index contributed by atoms with van der Waals surface area (Å²) in [6.07, 6.45) is 2.52. The van der Waals surface area contributed by atoms with E-state index in [9.17, 15) is 9.18 Å². The lowest BCUT2D eigenvalue weighted by molar-refractivity contribution is 0.299. The van der Waals surface area contributed by atoms with Crippen LogP contribution in [0.4, 0.5) is 4.39 Å². The molecule has 2 heterocycles. The molecule has 0 fully saturated rings. The zero-order valence-electron chi connectivity index (χ0n) is 14.7. The maximum Gasteiger partial charge on any atom is 0.346 e. The number of aliphatic hydroxyl groups is 1. The summed E-state index contributed by atoms with van der Waals surface area (Å²) in [6, 6.07) is 12.1. The molecule has 0 unspecified atom stereocenters. The Morgan fingerprint density at radius 3 is 2.70 bits per heavy atom. The van der Waals surface area contributed by atoms with Gasteiger partial charge in [0.1, 0.15) is 6.33 Å². The number of aliphatic hydroxyl groups excluding tert-OH is 1. The van der Waals surface area contributed by atoms with E-state index in [2.05, 4.69) is 5.10 Å². The van der Waals surface area contributed by atoms with E-state index in [1.165, 1.54) is 15.6 Å². The number of thiophene rings is 1. The maximum absolute atomic E-state index is 12.7. The molecule has 3 aromatic rings. The van der Waals surface area contributed by atoms with Crippen LogP contribution in [-0.2, 0) is 19.5 Å². The van der Waals surface area contributed by atoms with Crippen molar-refractivity contribution in [2.45, 2.75) is 19.5 Å². The molecule has 0 aliphatic carbocycles. The van der Waals surface area contributed by atoms with Gasteiger partial charge in [-0.25, -0.2) is 13.9 Å². The Labute approximate surface area is 160 Å². The molecule has 3 rings (SSSR count). The molecule has 1 aromatic carbocycles. The Morgan fingerprint density at radius 1 is 1.26 bits per heavy atom. The van der Waals surface area contributed by atoms with Crippen LogP contribution in [0.25, 0.3) is 10.4 Å². The molecule has 0 bridgehead atoms. The lowest BCUT2D eigenvalue weighted by atomic mass is 10.1. The quantitative estimate of drug-likeness (QED) is 0.619. The molecule has 0 amide bonds. The van der Waals surface area contributed by atoms with Crippen molar-refractivity contribution >= 4 is 11.3 Å². The number of aromatic nitrogens is 3. The Kier molecular flexibility index (Phi) is 6.33. The average molecular weight is 388 g/mol. The molecule has 27 heavy (non-hydrogen) atoms. The van der Waals surface area contributed by atoms with E-state index in [1.807, 2.05) is 36.4 Å². The molecular formula is C19H21FN4O2S. The fraction of sp³-hybridized carbons (Fsp3) is 0.263. The summed E-state index contributed by atoms with van der Waals surface area (Å²) in [6.45, 7) is 0.637. The Bertz CT molecular complexity index is 972. The Hall–Kier alpha value is -2.55. The van der Waals surface area contributed by atoms with E-state index in [1.54, 1.807) is 11.3 Å². The van der Waals surface area contributed by atoms with Crippen molar-refractivity contribution in [3.8, 4) is 10.4 Å². The van der Waals surface area contributed by atoms with Crippen molar-refractivity contribution < 1.29 is 9.50 Å². The van der Waals surface area contributed by atoms with Gasteiger partial charge in [0, 0.05) is 22.9 Å². The number of halogens is 1. The van der Waals surface area contributed by atoms with E-state index in [0.29, 0.717) is 24.9 Å². The van der Waals surface area contributed by atoms with Crippen LogP contribution in [0.2, 0.25) is 0 Å². The van der Waals surface area contributed by atoms with Gasteiger partial charge in [-0.15, -0.1) is 11.3 Å². The van der Waals surface area contributed by atoms with E-state index in [4.69, 9.17) is 10.8 Å². The monoisotopic (exact) mass is 388 g/mol. The molecule has 3 N–H and O–H groups in total. The van der Waals surface area contributed by atoms with Crippen molar-refractivity contribution in [2.24, 2.45) is 5.73 Å². The summed E-state index contributed by atoms with van der Waals surface area (Å²) in [7, 11) is 0. The second-order valence-corrected chi connectivity index (χ2v) is 7.28. The van der Waals surface area contributed by atoms with Crippen LogP contribution < -0.4 is 11.4 Å². The van der Waals surface area contributed by atoms with Crippen LogP contribution in [0.15, 0.2) is 59.4 Å². The summed E-state index contributed by atoms with van der Waals surface area (Å²) < 4.78 is 15.4. The number of nitrogens with zero attached hydrogens (tertiary/aromatic N) is 3. The molecule has 0 saturated heterocycles. The molecule has 0 atom stereocenters. The average Bonchev–Trinajstić information content (AvgIpc) is 3.29. The van der Waals surface area contributed by atoms with Crippen LogP contribution >= 0.6 is 11.3 Å². The first-order valence-corrected chi connectivity index (χ1v) is 9.35. The first-order valence-electron chi connectivity index (χ1n) is 8.54. The van der Waals surface area contributed by atoms with Gasteiger partial charge in [0.05, 0.1) is 19.4 Å². The largest absolute Gasteiger partial charge is 0.396 e. The Morgan fingerprint density at radius 2 is 2.04 bits per heavy atom. The van der Waals surface area contributed by atoms with Crippen molar-refractivity contribution in [2.75, 3.05) is 13.2 Å². The number of hydrogen-bond donors (Lipinski definition) is 2. The summed E-state index contributed by atoms with van der Waals surface area (Å²) in [5.41, 5.74) is 7.63. The number of nitrogens with two attached hydrogens (primary N) is 1. The first kappa shape index (κ1) is 19.2. The van der Waals surface area contributed by atoms with Crippen LogP contribution in [0.1, 0.15) is 10.4 Å². The van der Waals surface area contributed by atoms with Gasteiger partial charge in [-0.3, -0.25) is 4.57 Å². The number of benzene rings is 1. The van der Waals surface area contributed by atoms with E-state index in [0.717, 1.165) is 20.9 Å². The highest BCUT2D eigenvalue weighted by molar-refractivity contribution is 7.15. The molecule has 0 saturated carbocycles. The molecule has 0 radical (unpaired) electrons. The molecule has 0 spiro atoms. The van der Waals surface area contributed by atoms with Gasteiger partial charge < -0.3 is 10.8 Å². The molecule has 8 heteroatoms. The number of hydrogen-bond acceptors (Lipinski definition) is 5. The fourth-order valence-corrected chi connectivity index (χ4v) is 3.69. The van der Waals surface area contributed by atoms with Crippen LogP contribution in [0.3, 0.4) is 0 Å². The van der Waals surface area contributed by atoms with Crippen molar-refractivity contribution in [1.29, 1.82) is 0 Å². The van der Waals surface area contributed by atoms with E-state index >= 15 is 0 Å². The predicted octanol–water partition coefficient (Wildman–Crippen LogP) is 2.17. The van der Waals surface area contributed by atoms with Crippen molar-refractivity contribution in [3.05, 3.63) is 75.6 Å². The topological polar surface area (TPSA) is 86.1 Å². The van der Waals surface area contributed by atoms with Gasteiger partial charge in [-0.05, 0) is 35.3 Å². The van der Waals surface area contributed by atoms with Crippen molar-refractivity contribution in [3.63, 3.8) is 0 Å². The first-order chi connectivity index (χ1) is 13.1. The predicted molar refractivity (Wildman–Crippen MR) is 104 cm³/mol. The normalized spacial score (nSPS) is 11.9. The van der Waals surface area contributed by atoms with Gasteiger partial charge in [0.15, 0.2) is 0 Å². The molecule has 6 nitrogen and oxygen atoms in total. The standard InChI is InChI=1S/C19H21FN4O2S/c20-9-15(10-21)11-24-19(26)23(13-22-24)12-17-5-6-18(27-17)16-3-1-14(2-4-16)7-8-25/h1-6,9,13,25H,7-8,10-12,21H2/b15-9+. The molecule has 2 aromatic heterocycles. The third kappa shape index (κ3) is 4.60. The summed E-state index contributed by atoms with van der Waals surface area (Å²) >= 11 is 1.60. The molecule has 0 aliphatic rings. The smallest absolute Gasteiger partial charge is 0.346 e. The zero-order chi connectivity index (χ0) is 19.2. The minimum Gasteiger partial charge on any atom is -0.396 e. The minimum atomic E-state index is -0.300. The van der Waals surface area contributed by atoms with Gasteiger partial charge in [0.25, 0.3) is 0 Å². The second-order valence-electron chi connectivity index (χ2n) is 6.11. The van der Waals surface area contributed by atoms with Crippen LogP contribution in [0.5, 0.6) is 0 Å². The van der Waals surface area contributed by atoms with Crippen LogP contribution in [0, 0.1) is 0 Å². The van der Waals surface area contributed by atoms with E-state index < -0.39 is 0 Å². The molecule has 0 aliphatic heterocycles. The van der Waals surface area contributed by atoms with Gasteiger partial charge in [0.2, 0.25) is 0 Å². The summed E-state index contributed by atoms with van der Waals surface area (Å²) in [4.78, 5) is 14.5.